The molecule has 1 aromatic rings. The van der Waals surface area contributed by atoms with Gasteiger partial charge >= 0.3 is 6.09 Å². The maximum atomic E-state index is 13.0. The van der Waals surface area contributed by atoms with E-state index < -0.39 is 6.09 Å². The van der Waals surface area contributed by atoms with Crippen LogP contribution in [-0.4, -0.2) is 75.8 Å². The predicted octanol–water partition coefficient (Wildman–Crippen LogP) is 7.51. The van der Waals surface area contributed by atoms with E-state index in [9.17, 15) is 9.59 Å². The van der Waals surface area contributed by atoms with E-state index in [0.29, 0.717) is 18.0 Å². The quantitative estimate of drug-likeness (QED) is 0.130. The molecule has 0 radical (unpaired) electrons. The van der Waals surface area contributed by atoms with Crippen molar-refractivity contribution in [1.82, 2.24) is 15.1 Å². The summed E-state index contributed by atoms with van der Waals surface area (Å²) >= 11 is 0. The molecule has 0 unspecified atom stereocenters. The van der Waals surface area contributed by atoms with Crippen molar-refractivity contribution in [3.05, 3.63) is 23.3 Å². The summed E-state index contributed by atoms with van der Waals surface area (Å²) in [5, 5.41) is 2.87. The fourth-order valence-corrected chi connectivity index (χ4v) is 5.65. The molecule has 0 atom stereocenters. The standard InChI is InChI=1S/C35H61N3O5/c1-5-6-7-8-9-10-11-12-13-14-15-16-17-18-19-20-21-36-35(40)43-29-31-27-33(42-4)32(41-3)26-30(31)28-34(39)38-24-22-37(2)23-25-38/h26-27H,5-25,28-29H2,1-4H3,(H,36,40). The van der Waals surface area contributed by atoms with Gasteiger partial charge in [-0.1, -0.05) is 103 Å². The van der Waals surface area contributed by atoms with E-state index in [0.717, 1.165) is 50.1 Å². The molecule has 0 aromatic heterocycles. The minimum atomic E-state index is -0.438. The van der Waals surface area contributed by atoms with E-state index in [1.807, 2.05) is 11.0 Å². The molecule has 1 aromatic carbocycles. The average Bonchev–Trinajstić information content (AvgIpc) is 3.01. The van der Waals surface area contributed by atoms with Crippen molar-refractivity contribution in [3.8, 4) is 11.5 Å². The van der Waals surface area contributed by atoms with Crippen LogP contribution in [0.15, 0.2) is 12.1 Å². The van der Waals surface area contributed by atoms with Crippen molar-refractivity contribution in [1.29, 1.82) is 0 Å². The summed E-state index contributed by atoms with van der Waals surface area (Å²) in [7, 11) is 5.21. The summed E-state index contributed by atoms with van der Waals surface area (Å²) in [4.78, 5) is 29.5. The number of methoxy groups -OCH3 is 2. The van der Waals surface area contributed by atoms with Gasteiger partial charge in [-0.05, 0) is 36.7 Å². The van der Waals surface area contributed by atoms with Gasteiger partial charge in [-0.15, -0.1) is 0 Å². The third-order valence-corrected chi connectivity index (χ3v) is 8.56. The highest BCUT2D eigenvalue weighted by atomic mass is 16.5. The van der Waals surface area contributed by atoms with Gasteiger partial charge in [0.2, 0.25) is 5.91 Å². The zero-order valence-corrected chi connectivity index (χ0v) is 27.9. The summed E-state index contributed by atoms with van der Waals surface area (Å²) in [5.41, 5.74) is 1.53. The SMILES string of the molecule is CCCCCCCCCCCCCCCCCCNC(=O)OCc1cc(OC)c(OC)cc1CC(=O)N1CCN(C)CC1. The number of benzene rings is 1. The number of nitrogens with zero attached hydrogens (tertiary/aromatic N) is 2. The third-order valence-electron chi connectivity index (χ3n) is 8.56. The van der Waals surface area contributed by atoms with Crippen molar-refractivity contribution < 1.29 is 23.8 Å². The number of piperazine rings is 1. The van der Waals surface area contributed by atoms with Crippen LogP contribution in [0.1, 0.15) is 121 Å². The minimum Gasteiger partial charge on any atom is -0.493 e. The molecule has 1 aliphatic heterocycles. The molecule has 1 saturated heterocycles. The lowest BCUT2D eigenvalue weighted by Gasteiger charge is -2.32. The number of amides is 2. The molecule has 2 amide bonds. The molecular weight excluding hydrogens is 542 g/mol. The van der Waals surface area contributed by atoms with Gasteiger partial charge in [0.15, 0.2) is 11.5 Å². The van der Waals surface area contributed by atoms with Gasteiger partial charge < -0.3 is 29.3 Å². The van der Waals surface area contributed by atoms with Gasteiger partial charge in [0.05, 0.1) is 20.6 Å². The van der Waals surface area contributed by atoms with Crippen molar-refractivity contribution >= 4 is 12.0 Å². The van der Waals surface area contributed by atoms with Gasteiger partial charge in [0, 0.05) is 32.7 Å². The number of ether oxygens (including phenoxy) is 3. The van der Waals surface area contributed by atoms with Crippen molar-refractivity contribution in [2.75, 3.05) is 54.0 Å². The van der Waals surface area contributed by atoms with Gasteiger partial charge in [-0.3, -0.25) is 4.79 Å². The molecule has 8 heteroatoms. The second-order valence-corrected chi connectivity index (χ2v) is 12.1. The number of likely N-dealkylation sites (N-methyl/N-ethyl adjacent to an activating group) is 1. The van der Waals surface area contributed by atoms with Crippen LogP contribution in [0.5, 0.6) is 11.5 Å². The van der Waals surface area contributed by atoms with E-state index in [4.69, 9.17) is 14.2 Å². The Kier molecular flexibility index (Phi) is 19.6. The Labute approximate surface area is 262 Å². The molecule has 1 N–H and O–H groups in total. The zero-order chi connectivity index (χ0) is 31.1. The Morgan fingerprint density at radius 2 is 1.16 bits per heavy atom. The number of alkyl carbamates (subject to hydrolysis) is 1. The lowest BCUT2D eigenvalue weighted by atomic mass is 10.0. The average molecular weight is 604 g/mol. The fourth-order valence-electron chi connectivity index (χ4n) is 5.65. The topological polar surface area (TPSA) is 80.3 Å². The van der Waals surface area contributed by atoms with Crippen molar-refractivity contribution in [2.45, 2.75) is 123 Å². The summed E-state index contributed by atoms with van der Waals surface area (Å²) in [5.74, 6) is 1.17. The van der Waals surface area contributed by atoms with Crippen LogP contribution in [0.2, 0.25) is 0 Å². The first-order chi connectivity index (χ1) is 21.0. The molecule has 0 spiro atoms. The highest BCUT2D eigenvalue weighted by Crippen LogP contribution is 2.31. The minimum absolute atomic E-state index is 0.0644. The molecular formula is C35H61N3O5. The number of hydrogen-bond acceptors (Lipinski definition) is 6. The monoisotopic (exact) mass is 603 g/mol. The normalized spacial score (nSPS) is 13.6. The lowest BCUT2D eigenvalue weighted by molar-refractivity contribution is -0.132. The molecule has 1 heterocycles. The Balaban J connectivity index is 1.59. The molecule has 1 aliphatic rings. The molecule has 0 saturated carbocycles. The summed E-state index contributed by atoms with van der Waals surface area (Å²) in [6, 6.07) is 3.62. The zero-order valence-electron chi connectivity index (χ0n) is 27.9. The van der Waals surface area contributed by atoms with E-state index >= 15 is 0 Å². The fraction of sp³-hybridized carbons (Fsp3) is 0.771. The first kappa shape index (κ1) is 36.7. The Morgan fingerprint density at radius 1 is 0.698 bits per heavy atom. The van der Waals surface area contributed by atoms with Gasteiger partial charge in [0.25, 0.3) is 0 Å². The molecule has 1 fully saturated rings. The van der Waals surface area contributed by atoms with E-state index in [1.54, 1.807) is 20.3 Å². The molecule has 2 rings (SSSR count). The van der Waals surface area contributed by atoms with Crippen LogP contribution < -0.4 is 14.8 Å². The summed E-state index contributed by atoms with van der Waals surface area (Å²) in [6.45, 7) is 6.12. The van der Waals surface area contributed by atoms with Crippen molar-refractivity contribution in [3.63, 3.8) is 0 Å². The van der Waals surface area contributed by atoms with Crippen molar-refractivity contribution in [2.24, 2.45) is 0 Å². The molecule has 43 heavy (non-hydrogen) atoms. The van der Waals surface area contributed by atoms with Crippen LogP contribution in [0.25, 0.3) is 0 Å². The number of unbranched alkanes of at least 4 members (excludes halogenated alkanes) is 15. The first-order valence-electron chi connectivity index (χ1n) is 17.1. The van der Waals surface area contributed by atoms with Crippen LogP contribution in [0.3, 0.4) is 0 Å². The Bertz CT molecular complexity index is 902. The molecule has 246 valence electrons. The Morgan fingerprint density at radius 3 is 1.65 bits per heavy atom. The second kappa shape index (κ2) is 23.0. The number of rotatable bonds is 23. The third kappa shape index (κ3) is 15.7. The Hall–Kier alpha value is -2.48. The van der Waals surface area contributed by atoms with E-state index in [2.05, 4.69) is 24.2 Å². The highest BCUT2D eigenvalue weighted by Gasteiger charge is 2.22. The van der Waals surface area contributed by atoms with E-state index in [1.165, 1.54) is 89.9 Å². The molecule has 0 aliphatic carbocycles. The molecule has 8 nitrogen and oxygen atoms in total. The highest BCUT2D eigenvalue weighted by molar-refractivity contribution is 5.79. The summed E-state index contributed by atoms with van der Waals surface area (Å²) in [6.07, 6.45) is 21.0. The van der Waals surface area contributed by atoms with Crippen LogP contribution in [-0.2, 0) is 22.6 Å². The first-order valence-corrected chi connectivity index (χ1v) is 17.1. The largest absolute Gasteiger partial charge is 0.493 e. The number of carbonyl (C=O) groups is 2. The number of carbonyl (C=O) groups excluding carboxylic acids is 2. The van der Waals surface area contributed by atoms with Crippen LogP contribution in [0.4, 0.5) is 4.79 Å². The maximum absolute atomic E-state index is 13.0. The lowest BCUT2D eigenvalue weighted by Crippen LogP contribution is -2.47. The van der Waals surface area contributed by atoms with Crippen LogP contribution in [0, 0.1) is 0 Å². The number of nitrogens with one attached hydrogen (secondary N) is 1. The maximum Gasteiger partial charge on any atom is 0.407 e. The predicted molar refractivity (Wildman–Crippen MR) is 175 cm³/mol. The van der Waals surface area contributed by atoms with Gasteiger partial charge in [-0.25, -0.2) is 4.79 Å². The van der Waals surface area contributed by atoms with E-state index in [-0.39, 0.29) is 18.9 Å². The second-order valence-electron chi connectivity index (χ2n) is 12.1. The van der Waals surface area contributed by atoms with Gasteiger partial charge in [0.1, 0.15) is 6.61 Å². The number of hydrogen-bond donors (Lipinski definition) is 1. The smallest absolute Gasteiger partial charge is 0.407 e. The molecule has 0 bridgehead atoms. The van der Waals surface area contributed by atoms with Crippen LogP contribution >= 0.6 is 0 Å². The summed E-state index contributed by atoms with van der Waals surface area (Å²) < 4.78 is 16.5. The van der Waals surface area contributed by atoms with Gasteiger partial charge in [-0.2, -0.15) is 0 Å².